The molecule has 1 aromatic carbocycles. The molecule has 0 saturated heterocycles. The van der Waals surface area contributed by atoms with Crippen LogP contribution in [0.15, 0.2) is 72.0 Å². The van der Waals surface area contributed by atoms with Crippen LogP contribution in [0.25, 0.3) is 0 Å². The standard InChI is InChI=1S/C23H25N3OS/c1-17-11-13-24-21(14-17)15-18(2)26(3)23(27)20-9-7-19(8-10-20)16-28-22-6-4-5-12-25-22/h4-14,18H,15-16H2,1-3H3/t18-/m0/s1. The highest BCUT2D eigenvalue weighted by Gasteiger charge is 2.18. The molecule has 5 heteroatoms. The first-order chi connectivity index (χ1) is 13.5. The van der Waals surface area contributed by atoms with Gasteiger partial charge in [0.15, 0.2) is 0 Å². The normalized spacial score (nSPS) is 11.8. The van der Waals surface area contributed by atoms with Gasteiger partial charge in [0.2, 0.25) is 0 Å². The van der Waals surface area contributed by atoms with Crippen molar-refractivity contribution in [2.75, 3.05) is 7.05 Å². The van der Waals surface area contributed by atoms with Gasteiger partial charge in [0.25, 0.3) is 5.91 Å². The predicted octanol–water partition coefficient (Wildman–Crippen LogP) is 4.78. The van der Waals surface area contributed by atoms with E-state index in [4.69, 9.17) is 0 Å². The smallest absolute Gasteiger partial charge is 0.253 e. The number of likely N-dealkylation sites (N-methyl/N-ethyl adjacent to an activating group) is 1. The van der Waals surface area contributed by atoms with E-state index in [-0.39, 0.29) is 11.9 Å². The number of hydrogen-bond acceptors (Lipinski definition) is 4. The highest BCUT2D eigenvalue weighted by molar-refractivity contribution is 7.98. The molecule has 3 aromatic rings. The summed E-state index contributed by atoms with van der Waals surface area (Å²) in [6.07, 6.45) is 4.36. The minimum Gasteiger partial charge on any atom is -0.339 e. The number of carbonyl (C=O) groups excluding carboxylic acids is 1. The van der Waals surface area contributed by atoms with Gasteiger partial charge in [-0.1, -0.05) is 18.2 Å². The van der Waals surface area contributed by atoms with E-state index in [2.05, 4.69) is 29.9 Å². The third kappa shape index (κ3) is 5.42. The lowest BCUT2D eigenvalue weighted by atomic mass is 10.1. The van der Waals surface area contributed by atoms with Gasteiger partial charge in [0.05, 0.1) is 5.03 Å². The molecule has 0 radical (unpaired) electrons. The fourth-order valence-corrected chi connectivity index (χ4v) is 3.70. The van der Waals surface area contributed by atoms with Crippen LogP contribution in [0.4, 0.5) is 0 Å². The molecule has 1 atom stereocenters. The summed E-state index contributed by atoms with van der Waals surface area (Å²) in [5.41, 5.74) is 4.07. The Morgan fingerprint density at radius 1 is 1.07 bits per heavy atom. The second-order valence-electron chi connectivity index (χ2n) is 6.95. The van der Waals surface area contributed by atoms with Crippen LogP contribution in [-0.4, -0.2) is 33.9 Å². The maximum atomic E-state index is 12.8. The summed E-state index contributed by atoms with van der Waals surface area (Å²) in [5.74, 6) is 0.862. The number of nitrogens with zero attached hydrogens (tertiary/aromatic N) is 3. The summed E-state index contributed by atoms with van der Waals surface area (Å²) in [7, 11) is 1.85. The van der Waals surface area contributed by atoms with Crippen molar-refractivity contribution >= 4 is 17.7 Å². The molecule has 144 valence electrons. The quantitative estimate of drug-likeness (QED) is 0.544. The van der Waals surface area contributed by atoms with E-state index in [1.807, 2.05) is 61.8 Å². The molecule has 2 aromatic heterocycles. The summed E-state index contributed by atoms with van der Waals surface area (Å²) in [4.78, 5) is 23.3. The Hall–Kier alpha value is -2.66. The van der Waals surface area contributed by atoms with Gasteiger partial charge in [0, 0.05) is 48.9 Å². The summed E-state index contributed by atoms with van der Waals surface area (Å²) in [5, 5.41) is 1.00. The Morgan fingerprint density at radius 3 is 2.54 bits per heavy atom. The van der Waals surface area contributed by atoms with E-state index < -0.39 is 0 Å². The van der Waals surface area contributed by atoms with E-state index in [9.17, 15) is 4.79 Å². The lowest BCUT2D eigenvalue weighted by Crippen LogP contribution is -2.36. The highest BCUT2D eigenvalue weighted by atomic mass is 32.2. The third-order valence-electron chi connectivity index (χ3n) is 4.68. The fourth-order valence-electron chi connectivity index (χ4n) is 2.89. The molecule has 3 rings (SSSR count). The molecule has 0 aliphatic rings. The molecule has 0 aliphatic heterocycles. The van der Waals surface area contributed by atoms with Gasteiger partial charge in [-0.25, -0.2) is 4.98 Å². The number of hydrogen-bond donors (Lipinski definition) is 0. The predicted molar refractivity (Wildman–Crippen MR) is 114 cm³/mol. The molecule has 0 bridgehead atoms. The zero-order chi connectivity index (χ0) is 19.9. The molecule has 0 aliphatic carbocycles. The number of carbonyl (C=O) groups is 1. The van der Waals surface area contributed by atoms with E-state index in [1.54, 1.807) is 22.9 Å². The number of aromatic nitrogens is 2. The van der Waals surface area contributed by atoms with Gasteiger partial charge in [-0.15, -0.1) is 11.8 Å². The van der Waals surface area contributed by atoms with Crippen molar-refractivity contribution in [3.8, 4) is 0 Å². The van der Waals surface area contributed by atoms with Gasteiger partial charge in [-0.05, 0) is 61.4 Å². The molecule has 0 fully saturated rings. The van der Waals surface area contributed by atoms with Crippen LogP contribution >= 0.6 is 11.8 Å². The zero-order valence-corrected chi connectivity index (χ0v) is 17.3. The molecular weight excluding hydrogens is 366 g/mol. The molecular formula is C23H25N3OS. The first-order valence-corrected chi connectivity index (χ1v) is 10.3. The zero-order valence-electron chi connectivity index (χ0n) is 16.5. The van der Waals surface area contributed by atoms with Crippen LogP contribution in [0.3, 0.4) is 0 Å². The second-order valence-corrected chi connectivity index (χ2v) is 7.94. The van der Waals surface area contributed by atoms with Gasteiger partial charge in [-0.3, -0.25) is 9.78 Å². The number of aryl methyl sites for hydroxylation is 1. The molecule has 4 nitrogen and oxygen atoms in total. The Balaban J connectivity index is 1.58. The summed E-state index contributed by atoms with van der Waals surface area (Å²) < 4.78 is 0. The number of benzene rings is 1. The van der Waals surface area contributed by atoms with Crippen molar-refractivity contribution in [3.05, 3.63) is 89.4 Å². The van der Waals surface area contributed by atoms with Crippen molar-refractivity contribution < 1.29 is 4.79 Å². The van der Waals surface area contributed by atoms with Gasteiger partial charge in [0.1, 0.15) is 0 Å². The van der Waals surface area contributed by atoms with Crippen molar-refractivity contribution in [2.45, 2.75) is 37.1 Å². The minimum atomic E-state index is 0.0316. The van der Waals surface area contributed by atoms with E-state index >= 15 is 0 Å². The molecule has 2 heterocycles. The third-order valence-corrected chi connectivity index (χ3v) is 5.70. The topological polar surface area (TPSA) is 46.1 Å². The van der Waals surface area contributed by atoms with Crippen LogP contribution < -0.4 is 0 Å². The molecule has 1 amide bonds. The number of rotatable bonds is 7. The van der Waals surface area contributed by atoms with Crippen molar-refractivity contribution in [1.29, 1.82) is 0 Å². The largest absolute Gasteiger partial charge is 0.339 e. The number of pyridine rings is 2. The number of amides is 1. The minimum absolute atomic E-state index is 0.0316. The average molecular weight is 392 g/mol. The van der Waals surface area contributed by atoms with Crippen LogP contribution in [0.2, 0.25) is 0 Å². The molecule has 28 heavy (non-hydrogen) atoms. The molecule has 0 unspecified atom stereocenters. The van der Waals surface area contributed by atoms with E-state index in [0.29, 0.717) is 5.56 Å². The van der Waals surface area contributed by atoms with Crippen LogP contribution in [0.1, 0.15) is 34.1 Å². The molecule has 0 spiro atoms. The van der Waals surface area contributed by atoms with Crippen LogP contribution in [-0.2, 0) is 12.2 Å². The van der Waals surface area contributed by atoms with Crippen LogP contribution in [0.5, 0.6) is 0 Å². The average Bonchev–Trinajstić information content (AvgIpc) is 2.72. The van der Waals surface area contributed by atoms with E-state index in [1.165, 1.54) is 11.1 Å². The summed E-state index contributed by atoms with van der Waals surface area (Å²) >= 11 is 1.69. The summed E-state index contributed by atoms with van der Waals surface area (Å²) in [6, 6.07) is 17.9. The van der Waals surface area contributed by atoms with Crippen molar-refractivity contribution in [2.24, 2.45) is 0 Å². The maximum absolute atomic E-state index is 12.8. The fraction of sp³-hybridized carbons (Fsp3) is 0.261. The van der Waals surface area contributed by atoms with Crippen LogP contribution in [0, 0.1) is 6.92 Å². The Bertz CT molecular complexity index is 913. The van der Waals surface area contributed by atoms with Gasteiger partial charge in [-0.2, -0.15) is 0 Å². The Kier molecular flexibility index (Phi) is 6.82. The Morgan fingerprint density at radius 2 is 1.86 bits per heavy atom. The molecule has 0 N–H and O–H groups in total. The summed E-state index contributed by atoms with van der Waals surface area (Å²) in [6.45, 7) is 4.11. The second kappa shape index (κ2) is 9.51. The first-order valence-electron chi connectivity index (χ1n) is 9.34. The monoisotopic (exact) mass is 391 g/mol. The SMILES string of the molecule is Cc1ccnc(C[C@H](C)N(C)C(=O)c2ccc(CSc3ccccn3)cc2)c1. The number of thioether (sulfide) groups is 1. The van der Waals surface area contributed by atoms with Crippen molar-refractivity contribution in [3.63, 3.8) is 0 Å². The van der Waals surface area contributed by atoms with Gasteiger partial charge >= 0.3 is 0 Å². The lowest BCUT2D eigenvalue weighted by molar-refractivity contribution is 0.0743. The lowest BCUT2D eigenvalue weighted by Gasteiger charge is -2.25. The van der Waals surface area contributed by atoms with E-state index in [0.717, 1.165) is 22.9 Å². The highest BCUT2D eigenvalue weighted by Crippen LogP contribution is 2.21. The Labute approximate surface area is 171 Å². The molecule has 0 saturated carbocycles. The maximum Gasteiger partial charge on any atom is 0.253 e. The van der Waals surface area contributed by atoms with Crippen molar-refractivity contribution in [1.82, 2.24) is 14.9 Å². The van der Waals surface area contributed by atoms with Gasteiger partial charge < -0.3 is 4.90 Å². The first kappa shape index (κ1) is 20.1.